The lowest BCUT2D eigenvalue weighted by atomic mass is 10.1. The van der Waals surface area contributed by atoms with Crippen LogP contribution in [0, 0.1) is 0 Å². The van der Waals surface area contributed by atoms with Crippen LogP contribution in [0.15, 0.2) is 30.3 Å². The molecule has 0 amide bonds. The zero-order valence-electron chi connectivity index (χ0n) is 11.6. The van der Waals surface area contributed by atoms with E-state index in [2.05, 4.69) is 29.4 Å². The summed E-state index contributed by atoms with van der Waals surface area (Å²) in [6.45, 7) is 5.09. The molecule has 0 spiro atoms. The second-order valence-corrected chi connectivity index (χ2v) is 4.59. The fraction of sp³-hybridized carbons (Fsp3) is 0.312. The van der Waals surface area contributed by atoms with Gasteiger partial charge in [-0.2, -0.15) is 0 Å². The molecule has 0 saturated carbocycles. The number of nitrogens with two attached hydrogens (primary N) is 1. The molecule has 19 heavy (non-hydrogen) atoms. The predicted octanol–water partition coefficient (Wildman–Crippen LogP) is 4.06. The van der Waals surface area contributed by atoms with Crippen LogP contribution in [0.2, 0.25) is 0 Å². The van der Waals surface area contributed by atoms with Crippen molar-refractivity contribution < 1.29 is 0 Å². The Morgan fingerprint density at radius 2 is 2.00 bits per heavy atom. The summed E-state index contributed by atoms with van der Waals surface area (Å²) in [6, 6.07) is 8.24. The molecule has 3 N–H and O–H groups in total. The van der Waals surface area contributed by atoms with Crippen molar-refractivity contribution in [2.75, 3.05) is 17.6 Å². The Morgan fingerprint density at radius 3 is 2.68 bits per heavy atom. The lowest BCUT2D eigenvalue weighted by molar-refractivity contribution is 0.832. The standard InChI is InChI=1S/C16H21N3/c1-3-5-11-18-16-14-10-7-6-9-12(14)13(8-4-2)15(17)19-16/h4,6-10H,3,5,11H2,1-2H3,(H3,17,18,19)/b8-4+. The normalized spacial score (nSPS) is 11.3. The van der Waals surface area contributed by atoms with Crippen LogP contribution in [0.1, 0.15) is 32.3 Å². The van der Waals surface area contributed by atoms with Crippen molar-refractivity contribution in [3.63, 3.8) is 0 Å². The number of nitrogens with zero attached hydrogens (tertiary/aromatic N) is 1. The Bertz CT molecular complexity index is 588. The van der Waals surface area contributed by atoms with Crippen LogP contribution < -0.4 is 11.1 Å². The van der Waals surface area contributed by atoms with Crippen molar-refractivity contribution in [1.82, 2.24) is 4.98 Å². The highest BCUT2D eigenvalue weighted by molar-refractivity contribution is 6.00. The minimum atomic E-state index is 0.579. The second kappa shape index (κ2) is 6.23. The van der Waals surface area contributed by atoms with E-state index in [1.165, 1.54) is 0 Å². The monoisotopic (exact) mass is 255 g/mol. The molecule has 3 nitrogen and oxygen atoms in total. The molecular formula is C16H21N3. The fourth-order valence-corrected chi connectivity index (χ4v) is 2.16. The van der Waals surface area contributed by atoms with Gasteiger partial charge in [0.05, 0.1) is 0 Å². The van der Waals surface area contributed by atoms with Gasteiger partial charge in [0, 0.05) is 17.5 Å². The number of anilines is 2. The maximum Gasteiger partial charge on any atom is 0.136 e. The molecule has 0 aliphatic rings. The summed E-state index contributed by atoms with van der Waals surface area (Å²) in [7, 11) is 0. The Kier molecular flexibility index (Phi) is 4.39. The first-order chi connectivity index (χ1) is 9.27. The van der Waals surface area contributed by atoms with Gasteiger partial charge in [-0.3, -0.25) is 0 Å². The number of rotatable bonds is 5. The first-order valence-electron chi connectivity index (χ1n) is 6.82. The SMILES string of the molecule is C/C=C/c1c(N)nc(NCCCC)c2ccccc12. The molecule has 0 radical (unpaired) electrons. The first kappa shape index (κ1) is 13.4. The number of nitrogens with one attached hydrogen (secondary N) is 1. The van der Waals surface area contributed by atoms with E-state index in [1.807, 2.05) is 31.2 Å². The number of pyridine rings is 1. The molecule has 0 bridgehead atoms. The molecule has 1 aromatic heterocycles. The van der Waals surface area contributed by atoms with Crippen molar-refractivity contribution in [3.8, 4) is 0 Å². The number of unbranched alkanes of at least 4 members (excludes halogenated alkanes) is 1. The van der Waals surface area contributed by atoms with Gasteiger partial charge >= 0.3 is 0 Å². The van der Waals surface area contributed by atoms with Crippen LogP contribution in [0.3, 0.4) is 0 Å². The molecule has 2 rings (SSSR count). The van der Waals surface area contributed by atoms with Crippen molar-refractivity contribution in [1.29, 1.82) is 0 Å². The summed E-state index contributed by atoms with van der Waals surface area (Å²) in [6.07, 6.45) is 6.30. The van der Waals surface area contributed by atoms with Gasteiger partial charge in [-0.05, 0) is 18.7 Å². The van der Waals surface area contributed by atoms with Gasteiger partial charge < -0.3 is 11.1 Å². The zero-order valence-corrected chi connectivity index (χ0v) is 11.6. The summed E-state index contributed by atoms with van der Waals surface area (Å²) >= 11 is 0. The van der Waals surface area contributed by atoms with Crippen LogP contribution in [-0.2, 0) is 0 Å². The van der Waals surface area contributed by atoms with E-state index in [9.17, 15) is 0 Å². The van der Waals surface area contributed by atoms with E-state index < -0.39 is 0 Å². The van der Waals surface area contributed by atoms with Crippen LogP contribution >= 0.6 is 0 Å². The summed E-state index contributed by atoms with van der Waals surface area (Å²) < 4.78 is 0. The van der Waals surface area contributed by atoms with Crippen molar-refractivity contribution in [2.45, 2.75) is 26.7 Å². The quantitative estimate of drug-likeness (QED) is 0.792. The van der Waals surface area contributed by atoms with Gasteiger partial charge in [0.15, 0.2) is 0 Å². The summed E-state index contributed by atoms with van der Waals surface area (Å²) in [4.78, 5) is 4.51. The molecule has 0 fully saturated rings. The third kappa shape index (κ3) is 2.87. The number of aromatic nitrogens is 1. The number of allylic oxidation sites excluding steroid dienone is 1. The molecule has 100 valence electrons. The average Bonchev–Trinajstić information content (AvgIpc) is 2.43. The van der Waals surface area contributed by atoms with Crippen LogP contribution in [0.25, 0.3) is 16.8 Å². The third-order valence-electron chi connectivity index (χ3n) is 3.14. The minimum Gasteiger partial charge on any atom is -0.383 e. The number of hydrogen-bond donors (Lipinski definition) is 2. The van der Waals surface area contributed by atoms with E-state index >= 15 is 0 Å². The molecule has 1 heterocycles. The molecule has 0 unspecified atom stereocenters. The van der Waals surface area contributed by atoms with Gasteiger partial charge in [-0.25, -0.2) is 4.98 Å². The molecule has 0 saturated heterocycles. The van der Waals surface area contributed by atoms with E-state index in [0.29, 0.717) is 5.82 Å². The highest BCUT2D eigenvalue weighted by Crippen LogP contribution is 2.29. The van der Waals surface area contributed by atoms with E-state index in [4.69, 9.17) is 5.73 Å². The first-order valence-corrected chi connectivity index (χ1v) is 6.82. The van der Waals surface area contributed by atoms with Gasteiger partial charge in [0.25, 0.3) is 0 Å². The molecule has 0 aliphatic carbocycles. The third-order valence-corrected chi connectivity index (χ3v) is 3.14. The van der Waals surface area contributed by atoms with Crippen molar-refractivity contribution in [2.24, 2.45) is 0 Å². The highest BCUT2D eigenvalue weighted by atomic mass is 15.0. The van der Waals surface area contributed by atoms with E-state index in [1.54, 1.807) is 0 Å². The van der Waals surface area contributed by atoms with Gasteiger partial charge in [0.2, 0.25) is 0 Å². The molecule has 2 aromatic rings. The second-order valence-electron chi connectivity index (χ2n) is 4.59. The van der Waals surface area contributed by atoms with E-state index in [-0.39, 0.29) is 0 Å². The topological polar surface area (TPSA) is 50.9 Å². The fourth-order valence-electron chi connectivity index (χ4n) is 2.16. The summed E-state index contributed by atoms with van der Waals surface area (Å²) in [5, 5.41) is 5.65. The number of hydrogen-bond acceptors (Lipinski definition) is 3. The number of benzene rings is 1. The van der Waals surface area contributed by atoms with E-state index in [0.717, 1.165) is 41.5 Å². The summed E-state index contributed by atoms with van der Waals surface area (Å²) in [5.41, 5.74) is 7.07. The molecule has 1 aromatic carbocycles. The Morgan fingerprint density at radius 1 is 1.26 bits per heavy atom. The van der Waals surface area contributed by atoms with Crippen LogP contribution in [0.4, 0.5) is 11.6 Å². The number of fused-ring (bicyclic) bond motifs is 1. The Balaban J connectivity index is 2.51. The Hall–Kier alpha value is -2.03. The maximum atomic E-state index is 6.08. The largest absolute Gasteiger partial charge is 0.383 e. The van der Waals surface area contributed by atoms with Gasteiger partial charge in [-0.15, -0.1) is 0 Å². The minimum absolute atomic E-state index is 0.579. The van der Waals surface area contributed by atoms with Crippen molar-refractivity contribution in [3.05, 3.63) is 35.9 Å². The van der Waals surface area contributed by atoms with Crippen LogP contribution in [-0.4, -0.2) is 11.5 Å². The Labute approximate surface area is 114 Å². The maximum absolute atomic E-state index is 6.08. The average molecular weight is 255 g/mol. The zero-order chi connectivity index (χ0) is 13.7. The van der Waals surface area contributed by atoms with Crippen LogP contribution in [0.5, 0.6) is 0 Å². The lowest BCUT2D eigenvalue weighted by Gasteiger charge is -2.12. The summed E-state index contributed by atoms with van der Waals surface area (Å²) in [5.74, 6) is 1.46. The van der Waals surface area contributed by atoms with Gasteiger partial charge in [0.1, 0.15) is 11.6 Å². The lowest BCUT2D eigenvalue weighted by Crippen LogP contribution is -2.06. The van der Waals surface area contributed by atoms with Crippen molar-refractivity contribution >= 4 is 28.5 Å². The molecule has 0 atom stereocenters. The smallest absolute Gasteiger partial charge is 0.136 e. The molecule has 0 aliphatic heterocycles. The number of nitrogen functional groups attached to an aromatic ring is 1. The highest BCUT2D eigenvalue weighted by Gasteiger charge is 2.09. The molecule has 3 heteroatoms. The van der Waals surface area contributed by atoms with Gasteiger partial charge in [-0.1, -0.05) is 49.8 Å². The molecular weight excluding hydrogens is 234 g/mol. The predicted molar refractivity (Wildman–Crippen MR) is 84.3 cm³/mol.